The summed E-state index contributed by atoms with van der Waals surface area (Å²) in [5, 5.41) is 0. The number of fused-ring (bicyclic) bond motifs is 3. The monoisotopic (exact) mass is 359 g/mol. The number of rotatable bonds is 2. The summed E-state index contributed by atoms with van der Waals surface area (Å²) in [4.78, 5) is 24.3. The van der Waals surface area contributed by atoms with Crippen molar-refractivity contribution < 1.29 is 12.7 Å². The van der Waals surface area contributed by atoms with Crippen LogP contribution in [-0.4, -0.2) is 21.0 Å². The van der Waals surface area contributed by atoms with Crippen LogP contribution in [0.25, 0.3) is 0 Å². The third-order valence-corrected chi connectivity index (χ3v) is 7.87. The van der Waals surface area contributed by atoms with E-state index in [1.165, 1.54) is 0 Å². The molecule has 1 amide bonds. The molecule has 1 atom stereocenters. The van der Waals surface area contributed by atoms with Crippen molar-refractivity contribution in [1.29, 1.82) is 0 Å². The van der Waals surface area contributed by atoms with Gasteiger partial charge in [0.2, 0.25) is 0 Å². The second-order valence-corrected chi connectivity index (χ2v) is 8.83. The first-order chi connectivity index (χ1) is 8.59. The Labute approximate surface area is 114 Å². The molecule has 1 saturated heterocycles. The van der Waals surface area contributed by atoms with E-state index in [1.807, 2.05) is 24.3 Å². The molecule has 0 radical (unpaired) electrons. The van der Waals surface area contributed by atoms with Gasteiger partial charge < -0.3 is 0 Å². The van der Waals surface area contributed by atoms with Gasteiger partial charge in [-0.1, -0.05) is 0 Å². The normalized spacial score (nSPS) is 23.4. The Bertz CT molecular complexity index is 529. The number of nitrogens with zero attached hydrogens (tertiary/aromatic N) is 1. The molecule has 96 valence electrons. The van der Waals surface area contributed by atoms with Gasteiger partial charge in [0.15, 0.2) is 0 Å². The van der Waals surface area contributed by atoms with E-state index in [2.05, 4.69) is 13.8 Å². The van der Waals surface area contributed by atoms with Crippen molar-refractivity contribution >= 4 is 32.4 Å². The minimum absolute atomic E-state index is 0.0210. The molecule has 1 aromatic carbocycles. The van der Waals surface area contributed by atoms with E-state index in [0.29, 0.717) is 12.3 Å². The van der Waals surface area contributed by atoms with Crippen LogP contribution in [0, 0.1) is 9.49 Å². The number of benzene rings is 1. The third kappa shape index (κ3) is 1.64. The van der Waals surface area contributed by atoms with Crippen LogP contribution < -0.4 is 0 Å². The zero-order valence-corrected chi connectivity index (χ0v) is 12.4. The Hall–Kier alpha value is -1.11. The van der Waals surface area contributed by atoms with E-state index in [1.54, 1.807) is 3.11 Å². The minimum atomic E-state index is -2.23. The Balaban J connectivity index is 1.99. The van der Waals surface area contributed by atoms with Crippen LogP contribution in [-0.2, 0) is 7.86 Å². The van der Waals surface area contributed by atoms with Crippen molar-refractivity contribution in [3.05, 3.63) is 33.4 Å². The van der Waals surface area contributed by atoms with Crippen LogP contribution in [0.3, 0.4) is 0 Å². The Morgan fingerprint density at radius 3 is 2.78 bits per heavy atom. The van der Waals surface area contributed by atoms with Crippen LogP contribution >= 0.6 is 20.5 Å². The second kappa shape index (κ2) is 4.22. The molecule has 1 fully saturated rings. The van der Waals surface area contributed by atoms with Gasteiger partial charge in [-0.3, -0.25) is 0 Å². The standard InChI is InChI=1S/C13H14INO3/c1-8(2)7-11-13(17)18-14-10-6-4-3-5-9(10)12(16)15(11)14/h3-6,8,11H,7H2,1-2H3/t11-/m0/s1. The topological polar surface area (TPSA) is 46.6 Å². The second-order valence-electron chi connectivity index (χ2n) is 4.87. The Kier molecular flexibility index (Phi) is 2.80. The average molecular weight is 359 g/mol. The summed E-state index contributed by atoms with van der Waals surface area (Å²) in [7, 11) is 0. The summed E-state index contributed by atoms with van der Waals surface area (Å²) in [5.74, 6) is 0.138. The molecule has 2 heterocycles. The summed E-state index contributed by atoms with van der Waals surface area (Å²) in [6, 6.07) is 7.14. The van der Waals surface area contributed by atoms with Crippen molar-refractivity contribution in [1.82, 2.24) is 3.11 Å². The van der Waals surface area contributed by atoms with Gasteiger partial charge in [-0.25, -0.2) is 0 Å². The maximum absolute atomic E-state index is 12.3. The molecule has 0 aliphatic carbocycles. The summed E-state index contributed by atoms with van der Waals surface area (Å²) in [5.41, 5.74) is 0.726. The molecule has 18 heavy (non-hydrogen) atoms. The van der Waals surface area contributed by atoms with Gasteiger partial charge in [-0.2, -0.15) is 0 Å². The van der Waals surface area contributed by atoms with E-state index in [4.69, 9.17) is 3.07 Å². The molecule has 0 spiro atoms. The van der Waals surface area contributed by atoms with Gasteiger partial charge in [0.25, 0.3) is 0 Å². The molecule has 4 nitrogen and oxygen atoms in total. The van der Waals surface area contributed by atoms with Gasteiger partial charge in [-0.15, -0.1) is 0 Å². The number of carbonyl (C=O) groups excluding carboxylic acids is 2. The maximum atomic E-state index is 12.3. The first-order valence-corrected chi connectivity index (χ1v) is 8.87. The summed E-state index contributed by atoms with van der Waals surface area (Å²) < 4.78 is 8.23. The molecule has 2 aliphatic rings. The predicted molar refractivity (Wildman–Crippen MR) is 74.7 cm³/mol. The Morgan fingerprint density at radius 2 is 2.06 bits per heavy atom. The van der Waals surface area contributed by atoms with Crippen LogP contribution in [0.15, 0.2) is 24.3 Å². The number of hydrogen-bond acceptors (Lipinski definition) is 3. The van der Waals surface area contributed by atoms with Gasteiger partial charge in [0.05, 0.1) is 0 Å². The number of carbonyl (C=O) groups is 2. The average Bonchev–Trinajstić information content (AvgIpc) is 2.78. The number of halogens is 1. The van der Waals surface area contributed by atoms with Crippen molar-refractivity contribution in [3.8, 4) is 0 Å². The molecular weight excluding hydrogens is 345 g/mol. The van der Waals surface area contributed by atoms with Crippen LogP contribution in [0.1, 0.15) is 30.6 Å². The molecule has 0 N–H and O–H groups in total. The van der Waals surface area contributed by atoms with Crippen molar-refractivity contribution in [2.24, 2.45) is 5.92 Å². The van der Waals surface area contributed by atoms with Gasteiger partial charge in [0, 0.05) is 0 Å². The predicted octanol–water partition coefficient (Wildman–Crippen LogP) is 2.62. The zero-order valence-electron chi connectivity index (χ0n) is 10.2. The van der Waals surface area contributed by atoms with Crippen molar-refractivity contribution in [2.45, 2.75) is 26.3 Å². The van der Waals surface area contributed by atoms with E-state index >= 15 is 0 Å². The zero-order chi connectivity index (χ0) is 12.9. The molecule has 0 saturated carbocycles. The SMILES string of the molecule is CC(C)C[C@H]1C(=O)OI2c3ccccc3C(=O)N12. The first kappa shape index (κ1) is 12.0. The fourth-order valence-corrected chi connectivity index (χ4v) is 7.10. The molecule has 5 heteroatoms. The molecule has 0 aromatic heterocycles. The fraction of sp³-hybridized carbons (Fsp3) is 0.385. The van der Waals surface area contributed by atoms with Gasteiger partial charge in [0.1, 0.15) is 0 Å². The number of hydrogen-bond donors (Lipinski definition) is 0. The van der Waals surface area contributed by atoms with Crippen LogP contribution in [0.4, 0.5) is 0 Å². The molecular formula is C13H14INO3. The van der Waals surface area contributed by atoms with E-state index in [9.17, 15) is 9.59 Å². The summed E-state index contributed by atoms with van der Waals surface area (Å²) >= 11 is -2.23. The van der Waals surface area contributed by atoms with E-state index in [0.717, 1.165) is 9.13 Å². The summed E-state index contributed by atoms with van der Waals surface area (Å²) in [6.07, 6.45) is 0.687. The molecule has 0 bridgehead atoms. The van der Waals surface area contributed by atoms with Crippen molar-refractivity contribution in [2.75, 3.05) is 0 Å². The quantitative estimate of drug-likeness (QED) is 0.603. The molecule has 0 unspecified atom stereocenters. The molecule has 2 aliphatic heterocycles. The fourth-order valence-electron chi connectivity index (χ4n) is 2.24. The van der Waals surface area contributed by atoms with Crippen LogP contribution in [0.5, 0.6) is 0 Å². The van der Waals surface area contributed by atoms with E-state index < -0.39 is 20.5 Å². The third-order valence-electron chi connectivity index (χ3n) is 3.03. The first-order valence-electron chi connectivity index (χ1n) is 5.94. The van der Waals surface area contributed by atoms with Gasteiger partial charge in [-0.05, 0) is 0 Å². The van der Waals surface area contributed by atoms with Crippen molar-refractivity contribution in [3.63, 3.8) is 0 Å². The van der Waals surface area contributed by atoms with Gasteiger partial charge >= 0.3 is 114 Å². The number of amides is 1. The van der Waals surface area contributed by atoms with E-state index in [-0.39, 0.29) is 17.9 Å². The Morgan fingerprint density at radius 1 is 1.33 bits per heavy atom. The summed E-state index contributed by atoms with van der Waals surface area (Å²) in [6.45, 7) is 4.11. The van der Waals surface area contributed by atoms with Crippen LogP contribution in [0.2, 0.25) is 0 Å². The molecule has 3 rings (SSSR count). The molecule has 1 aromatic rings.